The van der Waals surface area contributed by atoms with Crippen LogP contribution in [0.15, 0.2) is 59.4 Å². The first kappa shape index (κ1) is 13.4. The number of hydrogen-bond donors (Lipinski definition) is 0. The van der Waals surface area contributed by atoms with E-state index in [0.717, 1.165) is 29.4 Å². The topological polar surface area (TPSA) is 26.9 Å². The van der Waals surface area contributed by atoms with Crippen LogP contribution in [0.4, 0.5) is 0 Å². The van der Waals surface area contributed by atoms with Gasteiger partial charge in [-0.15, -0.1) is 0 Å². The summed E-state index contributed by atoms with van der Waals surface area (Å²) < 4.78 is 4.12. The van der Waals surface area contributed by atoms with Gasteiger partial charge in [-0.05, 0) is 37.1 Å². The van der Waals surface area contributed by atoms with E-state index in [-0.39, 0.29) is 5.56 Å². The smallest absolute Gasteiger partial charge is 0.274 e. The number of para-hydroxylation sites is 2. The fourth-order valence-corrected chi connectivity index (χ4v) is 3.67. The number of rotatable bonds is 2. The monoisotopic (exact) mass is 292 g/mol. The van der Waals surface area contributed by atoms with Gasteiger partial charge in [0.15, 0.2) is 0 Å². The number of fused-ring (bicyclic) bond motifs is 1. The molecule has 3 heteroatoms. The molecule has 0 aliphatic heterocycles. The molecule has 4 rings (SSSR count). The van der Waals surface area contributed by atoms with E-state index in [9.17, 15) is 4.79 Å². The first-order valence-corrected chi connectivity index (χ1v) is 8.14. The van der Waals surface area contributed by atoms with Crippen molar-refractivity contribution < 1.29 is 0 Å². The lowest BCUT2D eigenvalue weighted by atomic mass is 9.95. The number of benzene rings is 2. The van der Waals surface area contributed by atoms with Crippen molar-refractivity contribution in [2.75, 3.05) is 0 Å². The summed E-state index contributed by atoms with van der Waals surface area (Å²) in [6.45, 7) is 0. The first-order valence-electron chi connectivity index (χ1n) is 8.14. The molecule has 0 radical (unpaired) electrons. The molecule has 1 heterocycles. The van der Waals surface area contributed by atoms with E-state index >= 15 is 0 Å². The minimum absolute atomic E-state index is 0.0902. The molecular formula is C19H20N2O. The Labute approximate surface area is 129 Å². The summed E-state index contributed by atoms with van der Waals surface area (Å²) in [6, 6.07) is 18.4. The van der Waals surface area contributed by atoms with Crippen LogP contribution in [0, 0.1) is 0 Å². The Morgan fingerprint density at radius 3 is 2.27 bits per heavy atom. The third-order valence-corrected chi connectivity index (χ3v) is 4.71. The Kier molecular flexibility index (Phi) is 3.34. The zero-order valence-electron chi connectivity index (χ0n) is 12.6. The highest BCUT2D eigenvalue weighted by Gasteiger charge is 2.22. The van der Waals surface area contributed by atoms with Crippen LogP contribution in [0.2, 0.25) is 0 Å². The van der Waals surface area contributed by atoms with Crippen LogP contribution in [0.5, 0.6) is 0 Å². The van der Waals surface area contributed by atoms with Gasteiger partial charge < -0.3 is 0 Å². The van der Waals surface area contributed by atoms with E-state index < -0.39 is 0 Å². The highest BCUT2D eigenvalue weighted by Crippen LogP contribution is 2.31. The zero-order chi connectivity index (χ0) is 14.9. The lowest BCUT2D eigenvalue weighted by Crippen LogP contribution is -2.25. The minimum atomic E-state index is 0.0902. The second kappa shape index (κ2) is 5.48. The van der Waals surface area contributed by atoms with Gasteiger partial charge in [-0.2, -0.15) is 0 Å². The average molecular weight is 292 g/mol. The van der Waals surface area contributed by atoms with Crippen molar-refractivity contribution in [3.63, 3.8) is 0 Å². The summed E-state index contributed by atoms with van der Waals surface area (Å²) in [7, 11) is 0. The van der Waals surface area contributed by atoms with Crippen molar-refractivity contribution >= 4 is 10.9 Å². The molecule has 0 unspecified atom stereocenters. The highest BCUT2D eigenvalue weighted by atomic mass is 16.1. The second-order valence-electron chi connectivity index (χ2n) is 6.11. The lowest BCUT2D eigenvalue weighted by Gasteiger charge is -2.26. The van der Waals surface area contributed by atoms with Crippen LogP contribution in [-0.2, 0) is 0 Å². The van der Waals surface area contributed by atoms with Crippen LogP contribution < -0.4 is 5.56 Å². The maximum atomic E-state index is 12.9. The lowest BCUT2D eigenvalue weighted by molar-refractivity contribution is 0.319. The molecule has 0 amide bonds. The van der Waals surface area contributed by atoms with Gasteiger partial charge in [-0.1, -0.05) is 49.6 Å². The van der Waals surface area contributed by atoms with Gasteiger partial charge in [0.2, 0.25) is 0 Å². The first-order chi connectivity index (χ1) is 10.9. The SMILES string of the molecule is O=c1c2ccccc2n(C2CCCCC2)n1-c1ccccc1. The summed E-state index contributed by atoms with van der Waals surface area (Å²) >= 11 is 0. The largest absolute Gasteiger partial charge is 0.279 e. The summed E-state index contributed by atoms with van der Waals surface area (Å²) in [5.74, 6) is 0. The van der Waals surface area contributed by atoms with Crippen molar-refractivity contribution in [1.82, 2.24) is 9.36 Å². The summed E-state index contributed by atoms with van der Waals surface area (Å²) in [4.78, 5) is 12.9. The van der Waals surface area contributed by atoms with Crippen molar-refractivity contribution in [3.8, 4) is 5.69 Å². The van der Waals surface area contributed by atoms with Gasteiger partial charge in [0.1, 0.15) is 0 Å². The molecule has 1 aromatic heterocycles. The van der Waals surface area contributed by atoms with E-state index in [0.29, 0.717) is 6.04 Å². The molecule has 1 saturated carbocycles. The van der Waals surface area contributed by atoms with Gasteiger partial charge in [0.05, 0.1) is 22.6 Å². The highest BCUT2D eigenvalue weighted by molar-refractivity contribution is 5.79. The summed E-state index contributed by atoms with van der Waals surface area (Å²) in [5.41, 5.74) is 2.10. The second-order valence-corrected chi connectivity index (χ2v) is 6.11. The average Bonchev–Trinajstić information content (AvgIpc) is 2.90. The molecule has 0 saturated heterocycles. The van der Waals surface area contributed by atoms with E-state index in [1.807, 2.05) is 53.2 Å². The molecule has 3 nitrogen and oxygen atoms in total. The quantitative estimate of drug-likeness (QED) is 0.692. The number of nitrogens with zero attached hydrogens (tertiary/aromatic N) is 2. The minimum Gasteiger partial charge on any atom is -0.274 e. The molecule has 22 heavy (non-hydrogen) atoms. The van der Waals surface area contributed by atoms with Gasteiger partial charge in [0, 0.05) is 0 Å². The molecule has 0 atom stereocenters. The molecule has 1 aliphatic rings. The fraction of sp³-hybridized carbons (Fsp3) is 0.316. The molecule has 2 aromatic carbocycles. The van der Waals surface area contributed by atoms with Crippen LogP contribution in [0.1, 0.15) is 38.1 Å². The van der Waals surface area contributed by atoms with Crippen LogP contribution >= 0.6 is 0 Å². The van der Waals surface area contributed by atoms with Crippen molar-refractivity contribution in [1.29, 1.82) is 0 Å². The zero-order valence-corrected chi connectivity index (χ0v) is 12.6. The summed E-state index contributed by atoms with van der Waals surface area (Å²) in [6.07, 6.45) is 6.13. The van der Waals surface area contributed by atoms with E-state index in [1.165, 1.54) is 19.3 Å². The maximum Gasteiger partial charge on any atom is 0.279 e. The van der Waals surface area contributed by atoms with Crippen LogP contribution in [0.25, 0.3) is 16.6 Å². The molecular weight excluding hydrogens is 272 g/mol. The molecule has 0 bridgehead atoms. The van der Waals surface area contributed by atoms with E-state index in [1.54, 1.807) is 0 Å². The maximum absolute atomic E-state index is 12.9. The molecule has 1 aliphatic carbocycles. The normalized spacial score (nSPS) is 16.2. The van der Waals surface area contributed by atoms with Gasteiger partial charge >= 0.3 is 0 Å². The Bertz CT molecular complexity index is 839. The van der Waals surface area contributed by atoms with Gasteiger partial charge in [0.25, 0.3) is 5.56 Å². The van der Waals surface area contributed by atoms with Crippen LogP contribution in [0.3, 0.4) is 0 Å². The van der Waals surface area contributed by atoms with Gasteiger partial charge in [-0.25, -0.2) is 4.68 Å². The van der Waals surface area contributed by atoms with E-state index in [4.69, 9.17) is 0 Å². The predicted molar refractivity (Wildman–Crippen MR) is 89.7 cm³/mol. The molecule has 3 aromatic rings. The fourth-order valence-electron chi connectivity index (χ4n) is 3.67. The third kappa shape index (κ3) is 2.08. The Hall–Kier alpha value is -2.29. The molecule has 112 valence electrons. The van der Waals surface area contributed by atoms with E-state index in [2.05, 4.69) is 10.7 Å². The van der Waals surface area contributed by atoms with Crippen LogP contribution in [-0.4, -0.2) is 9.36 Å². The van der Waals surface area contributed by atoms with Crippen molar-refractivity contribution in [2.24, 2.45) is 0 Å². The van der Waals surface area contributed by atoms with Crippen molar-refractivity contribution in [3.05, 3.63) is 65.0 Å². The van der Waals surface area contributed by atoms with Gasteiger partial charge in [-0.3, -0.25) is 9.48 Å². The third-order valence-electron chi connectivity index (χ3n) is 4.71. The predicted octanol–water partition coefficient (Wildman–Crippen LogP) is 4.30. The number of hydrogen-bond acceptors (Lipinski definition) is 1. The number of aromatic nitrogens is 2. The Balaban J connectivity index is 2.01. The molecule has 0 N–H and O–H groups in total. The Morgan fingerprint density at radius 1 is 0.818 bits per heavy atom. The molecule has 1 fully saturated rings. The summed E-state index contributed by atoms with van der Waals surface area (Å²) in [5, 5.41) is 0.817. The standard InChI is InChI=1S/C19H20N2O/c22-19-17-13-7-8-14-18(17)20(15-9-3-1-4-10-15)21(19)16-11-5-2-6-12-16/h2,5-8,11-15H,1,3-4,9-10H2. The van der Waals surface area contributed by atoms with Crippen molar-refractivity contribution in [2.45, 2.75) is 38.1 Å². The Morgan fingerprint density at radius 2 is 1.50 bits per heavy atom. The molecule has 0 spiro atoms.